The van der Waals surface area contributed by atoms with E-state index >= 15 is 0 Å². The monoisotopic (exact) mass is 289 g/mol. The smallest absolute Gasteiger partial charge is 0.0766 e. The van der Waals surface area contributed by atoms with Gasteiger partial charge in [-0.2, -0.15) is 5.10 Å². The number of hydrogen-bond acceptors (Lipinski definition) is 3. The minimum Gasteiger partial charge on any atom is -0.383 e. The minimum absolute atomic E-state index is 0.365. The molecular weight excluding hydrogens is 270 g/mol. The molecule has 1 atom stereocenters. The molecule has 0 aliphatic heterocycles. The van der Waals surface area contributed by atoms with Gasteiger partial charge in [0.25, 0.3) is 0 Å². The second kappa shape index (κ2) is 5.29. The summed E-state index contributed by atoms with van der Waals surface area (Å²) in [6, 6.07) is 0. The van der Waals surface area contributed by atoms with E-state index in [-0.39, 0.29) is 5.54 Å². The number of rotatable bonds is 5. The van der Waals surface area contributed by atoms with Gasteiger partial charge >= 0.3 is 0 Å². The van der Waals surface area contributed by atoms with Gasteiger partial charge in [0.15, 0.2) is 0 Å². The third kappa shape index (κ3) is 3.06. The van der Waals surface area contributed by atoms with Gasteiger partial charge in [-0.3, -0.25) is 4.68 Å². The molecule has 1 unspecified atom stereocenters. The van der Waals surface area contributed by atoms with E-state index in [0.717, 1.165) is 28.7 Å². The number of halogens is 1. The molecule has 0 radical (unpaired) electrons. The first-order valence-corrected chi connectivity index (χ1v) is 6.18. The Balaban J connectivity index is 2.92. The van der Waals surface area contributed by atoms with Crippen LogP contribution < -0.4 is 5.73 Å². The van der Waals surface area contributed by atoms with Gasteiger partial charge in [0, 0.05) is 26.1 Å². The normalized spacial score (nSPS) is 15.1. The zero-order chi connectivity index (χ0) is 12.3. The molecule has 0 aliphatic carbocycles. The van der Waals surface area contributed by atoms with Crippen LogP contribution in [-0.4, -0.2) is 29.0 Å². The van der Waals surface area contributed by atoms with Gasteiger partial charge < -0.3 is 10.5 Å². The minimum atomic E-state index is -0.365. The van der Waals surface area contributed by atoms with E-state index in [1.807, 2.05) is 18.7 Å². The van der Waals surface area contributed by atoms with Crippen molar-refractivity contribution in [3.05, 3.63) is 15.9 Å². The Hall–Kier alpha value is -0.390. The maximum atomic E-state index is 6.16. The van der Waals surface area contributed by atoms with Crippen LogP contribution in [0.15, 0.2) is 4.47 Å². The Morgan fingerprint density at radius 1 is 1.56 bits per heavy atom. The Morgan fingerprint density at radius 2 is 2.19 bits per heavy atom. The van der Waals surface area contributed by atoms with Gasteiger partial charge in [-0.15, -0.1) is 0 Å². The second-order valence-electron chi connectivity index (χ2n) is 4.45. The predicted octanol–water partition coefficient (Wildman–Crippen LogP) is 1.65. The molecule has 1 rings (SSSR count). The summed E-state index contributed by atoms with van der Waals surface area (Å²) in [6.07, 6.45) is 1.66. The maximum absolute atomic E-state index is 6.16. The molecule has 0 fully saturated rings. The van der Waals surface area contributed by atoms with Crippen LogP contribution in [0.25, 0.3) is 0 Å². The molecule has 92 valence electrons. The van der Waals surface area contributed by atoms with E-state index in [1.165, 1.54) is 0 Å². The molecule has 1 aromatic rings. The highest BCUT2D eigenvalue weighted by atomic mass is 79.9. The van der Waals surface area contributed by atoms with Gasteiger partial charge in [0.2, 0.25) is 0 Å². The van der Waals surface area contributed by atoms with Gasteiger partial charge in [-0.05, 0) is 29.3 Å². The Labute approximate surface area is 105 Å². The number of ether oxygens (including phenoxy) is 1. The lowest BCUT2D eigenvalue weighted by Crippen LogP contribution is -2.43. The van der Waals surface area contributed by atoms with Crippen molar-refractivity contribution in [1.29, 1.82) is 0 Å². The molecule has 0 saturated carbocycles. The molecule has 0 bridgehead atoms. The first kappa shape index (κ1) is 13.7. The predicted molar refractivity (Wildman–Crippen MR) is 68.5 cm³/mol. The number of aromatic nitrogens is 2. The lowest BCUT2D eigenvalue weighted by molar-refractivity contribution is 0.139. The van der Waals surface area contributed by atoms with Crippen molar-refractivity contribution >= 4 is 15.9 Å². The van der Waals surface area contributed by atoms with Crippen molar-refractivity contribution in [2.45, 2.75) is 32.2 Å². The van der Waals surface area contributed by atoms with Crippen molar-refractivity contribution in [2.75, 3.05) is 13.7 Å². The fourth-order valence-electron chi connectivity index (χ4n) is 1.78. The summed E-state index contributed by atoms with van der Waals surface area (Å²) in [5.74, 6) is 0. The Kier molecular flexibility index (Phi) is 4.52. The van der Waals surface area contributed by atoms with E-state index in [4.69, 9.17) is 10.5 Å². The van der Waals surface area contributed by atoms with E-state index in [1.54, 1.807) is 7.11 Å². The fourth-order valence-corrected chi connectivity index (χ4v) is 2.53. The van der Waals surface area contributed by atoms with Crippen LogP contribution in [0.4, 0.5) is 0 Å². The van der Waals surface area contributed by atoms with Gasteiger partial charge in [0.05, 0.1) is 22.5 Å². The van der Waals surface area contributed by atoms with Crippen LogP contribution in [0.2, 0.25) is 0 Å². The molecule has 2 N–H and O–H groups in total. The Bertz CT molecular complexity index is 360. The first-order valence-electron chi connectivity index (χ1n) is 5.39. The molecule has 0 aromatic carbocycles. The van der Waals surface area contributed by atoms with Crippen molar-refractivity contribution in [1.82, 2.24) is 9.78 Å². The number of hydrogen-bond donors (Lipinski definition) is 1. The van der Waals surface area contributed by atoms with Crippen molar-refractivity contribution in [3.8, 4) is 0 Å². The third-order valence-corrected chi connectivity index (χ3v) is 3.46. The summed E-state index contributed by atoms with van der Waals surface area (Å²) in [4.78, 5) is 0. The third-order valence-electron chi connectivity index (χ3n) is 2.55. The molecule has 1 aromatic heterocycles. The lowest BCUT2D eigenvalue weighted by Gasteiger charge is -2.23. The average Bonchev–Trinajstić information content (AvgIpc) is 2.45. The quantitative estimate of drug-likeness (QED) is 0.897. The van der Waals surface area contributed by atoms with E-state index in [2.05, 4.69) is 28.0 Å². The molecule has 1 heterocycles. The van der Waals surface area contributed by atoms with Crippen molar-refractivity contribution in [3.63, 3.8) is 0 Å². The average molecular weight is 290 g/mol. The molecule has 0 aliphatic rings. The SMILES string of the molecule is CCc1nn(C)c(CC(C)(N)COC)c1Br. The van der Waals surface area contributed by atoms with E-state index in [0.29, 0.717) is 6.61 Å². The number of nitrogens with zero attached hydrogens (tertiary/aromatic N) is 2. The second-order valence-corrected chi connectivity index (χ2v) is 5.24. The summed E-state index contributed by atoms with van der Waals surface area (Å²) in [7, 11) is 3.61. The van der Waals surface area contributed by atoms with E-state index < -0.39 is 0 Å². The molecule has 0 amide bonds. The molecule has 5 heteroatoms. The zero-order valence-corrected chi connectivity index (χ0v) is 12.0. The molecule has 4 nitrogen and oxygen atoms in total. The summed E-state index contributed by atoms with van der Waals surface area (Å²) in [5, 5.41) is 4.45. The van der Waals surface area contributed by atoms with Gasteiger partial charge in [-0.25, -0.2) is 0 Å². The number of methoxy groups -OCH3 is 1. The summed E-state index contributed by atoms with van der Waals surface area (Å²) >= 11 is 3.59. The highest BCUT2D eigenvalue weighted by molar-refractivity contribution is 9.10. The van der Waals surface area contributed by atoms with E-state index in [9.17, 15) is 0 Å². The number of aryl methyl sites for hydroxylation is 2. The fraction of sp³-hybridized carbons (Fsp3) is 0.727. The summed E-state index contributed by atoms with van der Waals surface area (Å²) in [6.45, 7) is 4.61. The molecule has 0 saturated heterocycles. The molecule has 0 spiro atoms. The lowest BCUT2D eigenvalue weighted by atomic mass is 9.98. The maximum Gasteiger partial charge on any atom is 0.0766 e. The number of nitrogens with two attached hydrogens (primary N) is 1. The van der Waals surface area contributed by atoms with Gasteiger partial charge in [0.1, 0.15) is 0 Å². The van der Waals surface area contributed by atoms with Crippen LogP contribution in [0.1, 0.15) is 25.2 Å². The van der Waals surface area contributed by atoms with Gasteiger partial charge in [-0.1, -0.05) is 6.92 Å². The largest absolute Gasteiger partial charge is 0.383 e. The van der Waals surface area contributed by atoms with Crippen molar-refractivity contribution in [2.24, 2.45) is 12.8 Å². The van der Waals surface area contributed by atoms with Crippen LogP contribution in [0.3, 0.4) is 0 Å². The molecular formula is C11H20BrN3O. The highest BCUT2D eigenvalue weighted by Gasteiger charge is 2.23. The van der Waals surface area contributed by atoms with Crippen LogP contribution in [-0.2, 0) is 24.6 Å². The van der Waals surface area contributed by atoms with Crippen molar-refractivity contribution < 1.29 is 4.74 Å². The van der Waals surface area contributed by atoms with Crippen LogP contribution in [0, 0.1) is 0 Å². The summed E-state index contributed by atoms with van der Waals surface area (Å²) in [5.41, 5.74) is 7.99. The first-order chi connectivity index (χ1) is 7.41. The Morgan fingerprint density at radius 3 is 2.62 bits per heavy atom. The summed E-state index contributed by atoms with van der Waals surface area (Å²) < 4.78 is 8.09. The topological polar surface area (TPSA) is 53.1 Å². The van der Waals surface area contributed by atoms with Crippen LogP contribution in [0.5, 0.6) is 0 Å². The zero-order valence-electron chi connectivity index (χ0n) is 10.4. The molecule has 16 heavy (non-hydrogen) atoms. The van der Waals surface area contributed by atoms with Crippen LogP contribution >= 0.6 is 15.9 Å². The highest BCUT2D eigenvalue weighted by Crippen LogP contribution is 2.24. The standard InChI is InChI=1S/C11H20BrN3O/c1-5-8-10(12)9(15(3)14-8)6-11(2,13)7-16-4/h5-7,13H2,1-4H3.